The molecule has 6 heteroatoms. The van der Waals surface area contributed by atoms with Crippen LogP contribution in [0, 0.1) is 0 Å². The van der Waals surface area contributed by atoms with Crippen LogP contribution in [0.1, 0.15) is 47.1 Å². The van der Waals surface area contributed by atoms with Crippen LogP contribution in [0.3, 0.4) is 0 Å². The lowest BCUT2D eigenvalue weighted by Gasteiger charge is -2.40. The molecule has 0 bridgehead atoms. The number of ether oxygens (including phenoxy) is 1. The van der Waals surface area contributed by atoms with Gasteiger partial charge < -0.3 is 25.2 Å². The minimum atomic E-state index is -1.38. The first kappa shape index (κ1) is 19.8. The highest BCUT2D eigenvalue weighted by Crippen LogP contribution is 2.43. The minimum absolute atomic E-state index is 0.431. The summed E-state index contributed by atoms with van der Waals surface area (Å²) in [4.78, 5) is 0. The molecule has 2 fully saturated rings. The van der Waals surface area contributed by atoms with Gasteiger partial charge in [0.1, 0.15) is 30.5 Å². The second kappa shape index (κ2) is 8.11. The van der Waals surface area contributed by atoms with Crippen LogP contribution in [0.25, 0.3) is 0 Å². The van der Waals surface area contributed by atoms with Crippen LogP contribution in [0.15, 0.2) is 42.5 Å². The third-order valence-corrected chi connectivity index (χ3v) is 5.96. The van der Waals surface area contributed by atoms with Crippen LogP contribution in [0.5, 0.6) is 0 Å². The number of benzene rings is 2. The third-order valence-electron chi connectivity index (χ3n) is 5.71. The molecule has 1 aliphatic heterocycles. The molecule has 1 heterocycles. The average Bonchev–Trinajstić information content (AvgIpc) is 3.53. The molecule has 1 saturated carbocycles. The van der Waals surface area contributed by atoms with Gasteiger partial charge in [0.2, 0.25) is 0 Å². The average molecular weight is 405 g/mol. The Morgan fingerprint density at radius 1 is 0.929 bits per heavy atom. The Kier molecular flexibility index (Phi) is 5.74. The predicted molar refractivity (Wildman–Crippen MR) is 105 cm³/mol. The van der Waals surface area contributed by atoms with Gasteiger partial charge in [-0.2, -0.15) is 0 Å². The van der Waals surface area contributed by atoms with E-state index in [1.54, 1.807) is 0 Å². The lowest BCUT2D eigenvalue weighted by atomic mass is 9.88. The molecule has 4 rings (SSSR count). The van der Waals surface area contributed by atoms with Gasteiger partial charge in [0, 0.05) is 5.02 Å². The van der Waals surface area contributed by atoms with Crippen molar-refractivity contribution >= 4 is 11.6 Å². The minimum Gasteiger partial charge on any atom is -0.394 e. The Balaban J connectivity index is 1.65. The molecular weight excluding hydrogens is 380 g/mol. The van der Waals surface area contributed by atoms with E-state index in [9.17, 15) is 20.4 Å². The van der Waals surface area contributed by atoms with Gasteiger partial charge in [0.15, 0.2) is 0 Å². The Morgan fingerprint density at radius 3 is 2.29 bits per heavy atom. The van der Waals surface area contributed by atoms with Gasteiger partial charge in [-0.05, 0) is 59.6 Å². The molecule has 0 unspecified atom stereocenters. The van der Waals surface area contributed by atoms with E-state index < -0.39 is 37.1 Å². The molecule has 0 amide bonds. The zero-order valence-electron chi connectivity index (χ0n) is 15.4. The molecule has 0 radical (unpaired) electrons. The molecule has 28 heavy (non-hydrogen) atoms. The van der Waals surface area contributed by atoms with Crippen LogP contribution >= 0.6 is 11.6 Å². The highest BCUT2D eigenvalue weighted by Gasteiger charge is 2.44. The van der Waals surface area contributed by atoms with Gasteiger partial charge in [-0.3, -0.25) is 0 Å². The molecule has 5 nitrogen and oxygen atoms in total. The lowest BCUT2D eigenvalue weighted by Crippen LogP contribution is -2.55. The summed E-state index contributed by atoms with van der Waals surface area (Å²) in [6, 6.07) is 13.7. The van der Waals surface area contributed by atoms with E-state index in [4.69, 9.17) is 16.3 Å². The summed E-state index contributed by atoms with van der Waals surface area (Å²) in [5.41, 5.74) is 4.31. The molecular formula is C22H25ClO5. The van der Waals surface area contributed by atoms with E-state index in [-0.39, 0.29) is 0 Å². The molecule has 1 saturated heterocycles. The molecule has 2 aromatic carbocycles. The second-order valence-corrected chi connectivity index (χ2v) is 8.22. The van der Waals surface area contributed by atoms with Gasteiger partial charge in [-0.1, -0.05) is 41.9 Å². The molecule has 2 aliphatic rings. The SMILES string of the molecule is OC[C@H]1O[C@@H](c2ccc(C3CC3)c(Cc3ccc(Cl)cc3)c2)[C@H](O)[C@@H](O)[C@@H]1O. The number of rotatable bonds is 5. The molecule has 0 spiro atoms. The van der Waals surface area contributed by atoms with Gasteiger partial charge in [0.25, 0.3) is 0 Å². The van der Waals surface area contributed by atoms with Crippen molar-refractivity contribution in [2.45, 2.75) is 55.7 Å². The molecule has 1 aliphatic carbocycles. The van der Waals surface area contributed by atoms with Gasteiger partial charge >= 0.3 is 0 Å². The Labute approximate surface area is 169 Å². The van der Waals surface area contributed by atoms with Crippen molar-refractivity contribution in [3.05, 3.63) is 69.7 Å². The molecule has 5 atom stereocenters. The van der Waals surface area contributed by atoms with Gasteiger partial charge in [-0.25, -0.2) is 0 Å². The number of aliphatic hydroxyl groups is 4. The summed E-state index contributed by atoms with van der Waals surface area (Å²) < 4.78 is 5.73. The van der Waals surface area contributed by atoms with E-state index in [0.29, 0.717) is 10.9 Å². The lowest BCUT2D eigenvalue weighted by molar-refractivity contribution is -0.231. The van der Waals surface area contributed by atoms with E-state index in [1.807, 2.05) is 36.4 Å². The first-order valence-corrected chi connectivity index (χ1v) is 10.0. The van der Waals surface area contributed by atoms with Crippen LogP contribution in [-0.2, 0) is 11.2 Å². The third kappa shape index (κ3) is 3.96. The monoisotopic (exact) mass is 404 g/mol. The summed E-state index contributed by atoms with van der Waals surface area (Å²) in [6.45, 7) is -0.431. The molecule has 0 aromatic heterocycles. The van der Waals surface area contributed by atoms with Crippen LogP contribution in [0.2, 0.25) is 5.02 Å². The Hall–Kier alpha value is -1.47. The van der Waals surface area contributed by atoms with Crippen molar-refractivity contribution in [1.82, 2.24) is 0 Å². The predicted octanol–water partition coefficient (Wildman–Crippen LogP) is 2.32. The van der Waals surface area contributed by atoms with E-state index in [1.165, 1.54) is 18.4 Å². The largest absolute Gasteiger partial charge is 0.394 e. The van der Waals surface area contributed by atoms with Gasteiger partial charge in [-0.15, -0.1) is 0 Å². The van der Waals surface area contributed by atoms with Crippen molar-refractivity contribution in [2.75, 3.05) is 6.61 Å². The number of halogens is 1. The van der Waals surface area contributed by atoms with Crippen molar-refractivity contribution in [2.24, 2.45) is 0 Å². The summed E-state index contributed by atoms with van der Waals surface area (Å²) in [6.07, 6.45) is -2.64. The highest BCUT2D eigenvalue weighted by molar-refractivity contribution is 6.30. The van der Waals surface area contributed by atoms with Crippen LogP contribution in [-0.4, -0.2) is 51.4 Å². The van der Waals surface area contributed by atoms with Crippen molar-refractivity contribution in [1.29, 1.82) is 0 Å². The van der Waals surface area contributed by atoms with Crippen LogP contribution in [0.4, 0.5) is 0 Å². The first-order chi connectivity index (χ1) is 13.5. The summed E-state index contributed by atoms with van der Waals surface area (Å²) >= 11 is 5.99. The zero-order valence-corrected chi connectivity index (χ0v) is 16.2. The zero-order chi connectivity index (χ0) is 19.8. The fourth-order valence-corrected chi connectivity index (χ4v) is 4.07. The number of hydrogen-bond acceptors (Lipinski definition) is 5. The Morgan fingerprint density at radius 2 is 1.64 bits per heavy atom. The molecule has 150 valence electrons. The second-order valence-electron chi connectivity index (χ2n) is 7.79. The summed E-state index contributed by atoms with van der Waals surface area (Å²) in [5.74, 6) is 0.561. The maximum Gasteiger partial charge on any atom is 0.113 e. The van der Waals surface area contributed by atoms with E-state index >= 15 is 0 Å². The fraction of sp³-hybridized carbons (Fsp3) is 0.455. The van der Waals surface area contributed by atoms with Crippen LogP contribution < -0.4 is 0 Å². The van der Waals surface area contributed by atoms with Crippen molar-refractivity contribution in [3.8, 4) is 0 Å². The van der Waals surface area contributed by atoms with E-state index in [0.717, 1.165) is 23.1 Å². The normalized spacial score (nSPS) is 30.4. The van der Waals surface area contributed by atoms with Crippen molar-refractivity contribution in [3.63, 3.8) is 0 Å². The smallest absolute Gasteiger partial charge is 0.113 e. The van der Waals surface area contributed by atoms with E-state index in [2.05, 4.69) is 6.07 Å². The number of aliphatic hydroxyl groups excluding tert-OH is 4. The standard InChI is InChI=1S/C22H25ClO5/c23-16-6-1-12(2-7-16)9-15-10-14(5-8-17(15)13-3-4-13)22-21(27)20(26)19(25)18(11-24)28-22/h1-2,5-8,10,13,18-22,24-27H,3-4,9,11H2/t18-,19-,20+,21-,22+/m1/s1. The molecule has 4 N–H and O–H groups in total. The topological polar surface area (TPSA) is 90.2 Å². The first-order valence-electron chi connectivity index (χ1n) is 9.65. The summed E-state index contributed by atoms with van der Waals surface area (Å²) in [5, 5.41) is 40.7. The molecule has 2 aromatic rings. The highest BCUT2D eigenvalue weighted by atomic mass is 35.5. The van der Waals surface area contributed by atoms with Crippen molar-refractivity contribution < 1.29 is 25.2 Å². The Bertz CT molecular complexity index is 818. The van der Waals surface area contributed by atoms with Gasteiger partial charge in [0.05, 0.1) is 6.61 Å². The number of hydrogen-bond donors (Lipinski definition) is 4. The summed E-state index contributed by atoms with van der Waals surface area (Å²) in [7, 11) is 0. The maximum absolute atomic E-state index is 10.4. The quantitative estimate of drug-likeness (QED) is 0.614. The maximum atomic E-state index is 10.4. The fourth-order valence-electron chi connectivity index (χ4n) is 3.95.